The van der Waals surface area contributed by atoms with Crippen LogP contribution in [0, 0.1) is 5.92 Å². The van der Waals surface area contributed by atoms with Gasteiger partial charge in [0.05, 0.1) is 6.42 Å². The summed E-state index contributed by atoms with van der Waals surface area (Å²) in [6.07, 6.45) is 6.38. The van der Waals surface area contributed by atoms with E-state index in [4.69, 9.17) is 0 Å². The Morgan fingerprint density at radius 3 is 2.45 bits per heavy atom. The van der Waals surface area contributed by atoms with E-state index in [1.54, 1.807) is 18.2 Å². The van der Waals surface area contributed by atoms with Crippen molar-refractivity contribution >= 4 is 32.2 Å². The number of allylic oxidation sites excluding steroid dienone is 5. The molecule has 0 aliphatic carbocycles. The molecule has 0 spiro atoms. The molecule has 0 unspecified atom stereocenters. The van der Waals surface area contributed by atoms with Crippen LogP contribution in [0.25, 0.3) is 0 Å². The number of piperidine rings is 1. The topological polar surface area (TPSA) is 37.4 Å². The van der Waals surface area contributed by atoms with Crippen LogP contribution in [0.2, 0.25) is 0 Å². The Kier molecular flexibility index (Phi) is 9.99. The van der Waals surface area contributed by atoms with Crippen molar-refractivity contribution < 1.29 is 22.8 Å². The second-order valence-electron chi connectivity index (χ2n) is 7.58. The van der Waals surface area contributed by atoms with Crippen LogP contribution in [0.5, 0.6) is 0 Å². The molecule has 0 N–H and O–H groups in total. The number of carbonyl (C=O) groups excluding carboxylic acids is 2. The van der Waals surface area contributed by atoms with Crippen LogP contribution in [-0.4, -0.2) is 33.7 Å². The Bertz CT molecular complexity index is 851. The Balaban J connectivity index is 2.05. The van der Waals surface area contributed by atoms with Crippen LogP contribution in [0.3, 0.4) is 0 Å². The second kappa shape index (κ2) is 12.2. The van der Waals surface area contributed by atoms with Gasteiger partial charge in [-0.25, -0.2) is 0 Å². The van der Waals surface area contributed by atoms with E-state index in [9.17, 15) is 22.8 Å². The largest absolute Gasteiger partial charge is 0.393 e. The van der Waals surface area contributed by atoms with Crippen LogP contribution >= 0.6 is 22.6 Å². The lowest BCUT2D eigenvalue weighted by molar-refractivity contribution is -0.127. The molecular weight excluding hydrogens is 518 g/mol. The van der Waals surface area contributed by atoms with Crippen LogP contribution in [0.15, 0.2) is 60.3 Å². The molecule has 0 radical (unpaired) electrons. The summed E-state index contributed by atoms with van der Waals surface area (Å²) in [6.45, 7) is 3.51. The number of benzene rings is 1. The summed E-state index contributed by atoms with van der Waals surface area (Å²) in [5.41, 5.74) is 1.61. The number of ketones is 1. The Hall–Kier alpha value is -1.90. The van der Waals surface area contributed by atoms with E-state index < -0.39 is 12.6 Å². The SMILES string of the molecule is CC/C=C\C=C(/C=CC(=O)Cc1cccc(CC(F)(F)F)c1)N1CCC(C(=O)I)CC1. The van der Waals surface area contributed by atoms with Crippen molar-refractivity contribution in [2.45, 2.75) is 45.2 Å². The minimum Gasteiger partial charge on any atom is -0.371 e. The highest BCUT2D eigenvalue weighted by Crippen LogP contribution is 2.24. The van der Waals surface area contributed by atoms with Crippen LogP contribution in [0.1, 0.15) is 37.3 Å². The monoisotopic (exact) mass is 545 g/mol. The van der Waals surface area contributed by atoms with Gasteiger partial charge in [0, 0.05) is 31.1 Å². The van der Waals surface area contributed by atoms with Crippen LogP contribution in [0.4, 0.5) is 13.2 Å². The molecule has 168 valence electrons. The predicted octanol–water partition coefficient (Wildman–Crippen LogP) is 5.98. The van der Waals surface area contributed by atoms with E-state index in [-0.39, 0.29) is 27.5 Å². The molecule has 31 heavy (non-hydrogen) atoms. The Labute approximate surface area is 195 Å². The number of halogens is 4. The van der Waals surface area contributed by atoms with Crippen molar-refractivity contribution in [2.75, 3.05) is 13.1 Å². The molecule has 0 aromatic heterocycles. The fraction of sp³-hybridized carbons (Fsp3) is 0.417. The Morgan fingerprint density at radius 1 is 1.16 bits per heavy atom. The van der Waals surface area contributed by atoms with E-state index >= 15 is 0 Å². The smallest absolute Gasteiger partial charge is 0.371 e. The quantitative estimate of drug-likeness (QED) is 0.166. The number of alkyl halides is 3. The lowest BCUT2D eigenvalue weighted by Crippen LogP contribution is -2.34. The van der Waals surface area contributed by atoms with Gasteiger partial charge in [0.25, 0.3) is 0 Å². The number of likely N-dealkylation sites (tertiary alicyclic amines) is 1. The predicted molar refractivity (Wildman–Crippen MR) is 125 cm³/mol. The lowest BCUT2D eigenvalue weighted by Gasteiger charge is -2.33. The molecule has 0 atom stereocenters. The molecule has 1 heterocycles. The van der Waals surface area contributed by atoms with Gasteiger partial charge in [0.15, 0.2) is 9.57 Å². The molecule has 1 aromatic carbocycles. The molecular formula is C24H27F3INO2. The summed E-state index contributed by atoms with van der Waals surface area (Å²) in [5.74, 6) is -0.0919. The van der Waals surface area contributed by atoms with Crippen molar-refractivity contribution in [3.05, 3.63) is 71.5 Å². The average Bonchev–Trinajstić information content (AvgIpc) is 2.69. The molecule has 0 amide bonds. The minimum absolute atomic E-state index is 0.0473. The van der Waals surface area contributed by atoms with E-state index in [2.05, 4.69) is 4.90 Å². The maximum atomic E-state index is 12.6. The standard InChI is InChI=1S/C24H27F3INO2/c1-2-3-4-8-21(29-13-11-20(12-14-29)23(28)31)9-10-22(30)16-18-6-5-7-19(15-18)17-24(25,26)27/h3-10,15,20H,2,11-14,16-17H2,1H3/b4-3-,10-9?,21-8+. The van der Waals surface area contributed by atoms with Gasteiger partial charge in [-0.05, 0) is 71.2 Å². The third-order valence-corrected chi connectivity index (χ3v) is 5.91. The average molecular weight is 545 g/mol. The molecule has 1 saturated heterocycles. The minimum atomic E-state index is -4.27. The number of rotatable bonds is 9. The summed E-state index contributed by atoms with van der Waals surface area (Å²) >= 11 is 1.85. The molecule has 1 aliphatic heterocycles. The third-order valence-electron chi connectivity index (χ3n) is 5.03. The van der Waals surface area contributed by atoms with Gasteiger partial charge in [0.1, 0.15) is 0 Å². The fourth-order valence-corrected chi connectivity index (χ4v) is 4.08. The van der Waals surface area contributed by atoms with Crippen molar-refractivity contribution in [3.8, 4) is 0 Å². The Morgan fingerprint density at radius 2 is 1.84 bits per heavy atom. The molecule has 0 bridgehead atoms. The summed E-state index contributed by atoms with van der Waals surface area (Å²) in [6, 6.07) is 6.07. The zero-order chi connectivity index (χ0) is 22.9. The molecule has 1 fully saturated rings. The number of hydrogen-bond donors (Lipinski definition) is 0. The van der Waals surface area contributed by atoms with E-state index in [0.717, 1.165) is 38.0 Å². The van der Waals surface area contributed by atoms with Crippen molar-refractivity contribution in [1.82, 2.24) is 4.90 Å². The molecule has 3 nitrogen and oxygen atoms in total. The molecule has 2 rings (SSSR count). The van der Waals surface area contributed by atoms with Gasteiger partial charge in [-0.15, -0.1) is 0 Å². The maximum Gasteiger partial charge on any atom is 0.393 e. The zero-order valence-electron chi connectivity index (χ0n) is 17.5. The van der Waals surface area contributed by atoms with Crippen molar-refractivity contribution in [3.63, 3.8) is 0 Å². The second-order valence-corrected chi connectivity index (χ2v) is 8.64. The molecule has 1 aliphatic rings. The van der Waals surface area contributed by atoms with Crippen LogP contribution in [-0.2, 0) is 22.4 Å². The van der Waals surface area contributed by atoms with E-state index in [1.807, 2.05) is 47.7 Å². The van der Waals surface area contributed by atoms with Gasteiger partial charge >= 0.3 is 6.18 Å². The molecule has 7 heteroatoms. The van der Waals surface area contributed by atoms with Crippen molar-refractivity contribution in [1.29, 1.82) is 0 Å². The summed E-state index contributed by atoms with van der Waals surface area (Å²) < 4.78 is 38.0. The first-order chi connectivity index (χ1) is 14.7. The van der Waals surface area contributed by atoms with E-state index in [0.29, 0.717) is 5.56 Å². The zero-order valence-corrected chi connectivity index (χ0v) is 19.7. The number of carbonyl (C=O) groups is 2. The van der Waals surface area contributed by atoms with Crippen molar-refractivity contribution in [2.24, 2.45) is 5.92 Å². The van der Waals surface area contributed by atoms with Gasteiger partial charge < -0.3 is 4.90 Å². The summed E-state index contributed by atoms with van der Waals surface area (Å²) in [4.78, 5) is 26.2. The molecule has 0 saturated carbocycles. The van der Waals surface area contributed by atoms with Gasteiger partial charge in [-0.1, -0.05) is 43.3 Å². The highest BCUT2D eigenvalue weighted by Gasteiger charge is 2.27. The van der Waals surface area contributed by atoms with Gasteiger partial charge in [-0.2, -0.15) is 13.2 Å². The lowest BCUT2D eigenvalue weighted by atomic mass is 9.98. The normalized spacial score (nSPS) is 16.4. The first-order valence-electron chi connectivity index (χ1n) is 10.3. The summed E-state index contributed by atoms with van der Waals surface area (Å²) in [5, 5.41) is 0. The third kappa shape index (κ3) is 9.41. The van der Waals surface area contributed by atoms with E-state index in [1.165, 1.54) is 18.2 Å². The van der Waals surface area contributed by atoms with Crippen LogP contribution < -0.4 is 0 Å². The van der Waals surface area contributed by atoms with Gasteiger partial charge in [0.2, 0.25) is 0 Å². The number of nitrogens with zero attached hydrogens (tertiary/aromatic N) is 1. The highest BCUT2D eigenvalue weighted by atomic mass is 127. The fourth-order valence-electron chi connectivity index (χ4n) is 3.45. The van der Waals surface area contributed by atoms with Gasteiger partial charge in [-0.3, -0.25) is 9.59 Å². The maximum absolute atomic E-state index is 12.6. The number of hydrogen-bond acceptors (Lipinski definition) is 3. The highest BCUT2D eigenvalue weighted by molar-refractivity contribution is 14.1. The first-order valence-corrected chi connectivity index (χ1v) is 11.4. The summed E-state index contributed by atoms with van der Waals surface area (Å²) in [7, 11) is 0. The molecule has 1 aromatic rings. The first kappa shape index (κ1) is 25.4.